The summed E-state index contributed by atoms with van der Waals surface area (Å²) in [5.41, 5.74) is 0. The molecule has 1 amide bonds. The Morgan fingerprint density at radius 3 is 2.67 bits per heavy atom. The lowest BCUT2D eigenvalue weighted by atomic mass is 10.0. The molecule has 1 rings (SSSR count). The molecule has 2 atom stereocenters. The molecule has 1 aromatic carbocycles. The van der Waals surface area contributed by atoms with E-state index in [0.29, 0.717) is 28.8 Å². The highest BCUT2D eigenvalue weighted by molar-refractivity contribution is 6.42. The molecule has 0 bridgehead atoms. The fraction of sp³-hybridized carbons (Fsp3) is 0.533. The molecule has 2 N–H and O–H groups in total. The van der Waals surface area contributed by atoms with Gasteiger partial charge in [0.1, 0.15) is 5.75 Å². The summed E-state index contributed by atoms with van der Waals surface area (Å²) in [6.07, 6.45) is 0.580. The Balaban J connectivity index is 2.22. The molecule has 0 radical (unpaired) electrons. The second-order valence-corrected chi connectivity index (χ2v) is 5.98. The first-order chi connectivity index (χ1) is 9.88. The predicted molar refractivity (Wildman–Crippen MR) is 85.0 cm³/mol. The van der Waals surface area contributed by atoms with E-state index in [2.05, 4.69) is 5.32 Å². The quantitative estimate of drug-likeness (QED) is 0.767. The first-order valence-electron chi connectivity index (χ1n) is 6.91. The maximum Gasteiger partial charge on any atom is 0.223 e. The normalized spacial score (nSPS) is 13.6. The van der Waals surface area contributed by atoms with Crippen LogP contribution in [0.15, 0.2) is 18.2 Å². The number of nitrogens with one attached hydrogen (secondary N) is 1. The fourth-order valence-corrected chi connectivity index (χ4v) is 2.16. The molecule has 0 fully saturated rings. The van der Waals surface area contributed by atoms with Gasteiger partial charge in [-0.25, -0.2) is 0 Å². The summed E-state index contributed by atoms with van der Waals surface area (Å²) >= 11 is 11.7. The van der Waals surface area contributed by atoms with Crippen molar-refractivity contribution in [1.29, 1.82) is 0 Å². The maximum atomic E-state index is 11.6. The van der Waals surface area contributed by atoms with E-state index in [0.717, 1.165) is 0 Å². The van der Waals surface area contributed by atoms with Gasteiger partial charge in [-0.1, -0.05) is 30.1 Å². The van der Waals surface area contributed by atoms with E-state index in [4.69, 9.17) is 27.9 Å². The third-order valence-corrected chi connectivity index (χ3v) is 3.62. The molecule has 0 aliphatic rings. The van der Waals surface area contributed by atoms with Crippen molar-refractivity contribution in [2.45, 2.75) is 32.8 Å². The standard InChI is InChI=1S/C15H21Cl2NO3/c1-10(7-11(2)19)9-18-15(20)5-6-21-12-3-4-13(16)14(17)8-12/h3-4,8,10-11,19H,5-7,9H2,1-2H3,(H,18,20). The number of amides is 1. The molecule has 0 heterocycles. The van der Waals surface area contributed by atoms with E-state index in [9.17, 15) is 9.90 Å². The van der Waals surface area contributed by atoms with Crippen LogP contribution >= 0.6 is 23.2 Å². The van der Waals surface area contributed by atoms with Crippen LogP contribution in [0.1, 0.15) is 26.7 Å². The number of hydrogen-bond donors (Lipinski definition) is 2. The smallest absolute Gasteiger partial charge is 0.223 e. The molecule has 21 heavy (non-hydrogen) atoms. The van der Waals surface area contributed by atoms with Crippen LogP contribution in [-0.4, -0.2) is 30.3 Å². The topological polar surface area (TPSA) is 58.6 Å². The van der Waals surface area contributed by atoms with E-state index in [1.807, 2.05) is 6.92 Å². The van der Waals surface area contributed by atoms with Gasteiger partial charge in [-0.3, -0.25) is 4.79 Å². The summed E-state index contributed by atoms with van der Waals surface area (Å²) < 4.78 is 5.44. The van der Waals surface area contributed by atoms with E-state index in [1.165, 1.54) is 0 Å². The van der Waals surface area contributed by atoms with Crippen LogP contribution < -0.4 is 10.1 Å². The first kappa shape index (κ1) is 18.1. The largest absolute Gasteiger partial charge is 0.493 e. The van der Waals surface area contributed by atoms with Crippen molar-refractivity contribution >= 4 is 29.1 Å². The Labute approximate surface area is 135 Å². The molecule has 0 spiro atoms. The van der Waals surface area contributed by atoms with Gasteiger partial charge >= 0.3 is 0 Å². The Bertz CT molecular complexity index is 466. The van der Waals surface area contributed by atoms with Gasteiger partial charge in [0.15, 0.2) is 0 Å². The van der Waals surface area contributed by atoms with E-state index in [1.54, 1.807) is 25.1 Å². The lowest BCUT2D eigenvalue weighted by Gasteiger charge is -2.14. The third-order valence-electron chi connectivity index (χ3n) is 2.88. The monoisotopic (exact) mass is 333 g/mol. The first-order valence-corrected chi connectivity index (χ1v) is 7.66. The van der Waals surface area contributed by atoms with Gasteiger partial charge < -0.3 is 15.2 Å². The molecule has 118 valence electrons. The van der Waals surface area contributed by atoms with E-state index in [-0.39, 0.29) is 31.0 Å². The van der Waals surface area contributed by atoms with Gasteiger partial charge in [0.25, 0.3) is 0 Å². The number of halogens is 2. The number of carbonyl (C=O) groups excluding carboxylic acids is 1. The molecule has 0 aromatic heterocycles. The minimum atomic E-state index is -0.352. The van der Waals surface area contributed by atoms with Crippen LogP contribution in [0.3, 0.4) is 0 Å². The van der Waals surface area contributed by atoms with Gasteiger partial charge in [0.05, 0.1) is 29.2 Å². The highest BCUT2D eigenvalue weighted by Crippen LogP contribution is 2.26. The number of hydrogen-bond acceptors (Lipinski definition) is 3. The zero-order valence-corrected chi connectivity index (χ0v) is 13.7. The summed E-state index contributed by atoms with van der Waals surface area (Å²) in [6, 6.07) is 4.97. The molecule has 0 aliphatic heterocycles. The average Bonchev–Trinajstić information content (AvgIpc) is 2.40. The lowest BCUT2D eigenvalue weighted by Crippen LogP contribution is -2.30. The number of aliphatic hydroxyl groups excluding tert-OH is 1. The highest BCUT2D eigenvalue weighted by Gasteiger charge is 2.08. The van der Waals surface area contributed by atoms with Gasteiger partial charge in [-0.2, -0.15) is 0 Å². The van der Waals surface area contributed by atoms with Crippen LogP contribution in [0.2, 0.25) is 10.0 Å². The number of rotatable bonds is 8. The minimum Gasteiger partial charge on any atom is -0.493 e. The lowest BCUT2D eigenvalue weighted by molar-refractivity contribution is -0.121. The van der Waals surface area contributed by atoms with Crippen molar-refractivity contribution in [3.8, 4) is 5.75 Å². The fourth-order valence-electron chi connectivity index (χ4n) is 1.87. The van der Waals surface area contributed by atoms with Crippen LogP contribution in [-0.2, 0) is 4.79 Å². The summed E-state index contributed by atoms with van der Waals surface area (Å²) in [6.45, 7) is 4.55. The van der Waals surface area contributed by atoms with E-state index >= 15 is 0 Å². The second kappa shape index (κ2) is 9.13. The zero-order valence-electron chi connectivity index (χ0n) is 12.2. The van der Waals surface area contributed by atoms with Gasteiger partial charge in [-0.15, -0.1) is 0 Å². The number of aliphatic hydroxyl groups is 1. The third kappa shape index (κ3) is 7.55. The minimum absolute atomic E-state index is 0.0764. The zero-order chi connectivity index (χ0) is 15.8. The molecular weight excluding hydrogens is 313 g/mol. The number of benzene rings is 1. The maximum absolute atomic E-state index is 11.6. The molecule has 0 aliphatic carbocycles. The molecule has 6 heteroatoms. The van der Waals surface area contributed by atoms with Gasteiger partial charge in [0, 0.05) is 12.6 Å². The Hall–Kier alpha value is -0.970. The number of ether oxygens (including phenoxy) is 1. The molecule has 0 saturated carbocycles. The molecule has 0 saturated heterocycles. The summed E-state index contributed by atoms with van der Waals surface area (Å²) in [5, 5.41) is 13.0. The van der Waals surface area contributed by atoms with E-state index < -0.39 is 0 Å². The van der Waals surface area contributed by atoms with Crippen molar-refractivity contribution < 1.29 is 14.6 Å². The van der Waals surface area contributed by atoms with Crippen molar-refractivity contribution in [1.82, 2.24) is 5.32 Å². The van der Waals surface area contributed by atoms with Crippen LogP contribution in [0, 0.1) is 5.92 Å². The van der Waals surface area contributed by atoms with Gasteiger partial charge in [-0.05, 0) is 31.4 Å². The Morgan fingerprint density at radius 1 is 1.33 bits per heavy atom. The summed E-state index contributed by atoms with van der Waals surface area (Å²) in [7, 11) is 0. The van der Waals surface area contributed by atoms with Crippen molar-refractivity contribution in [2.24, 2.45) is 5.92 Å². The Kier molecular flexibility index (Phi) is 7.86. The van der Waals surface area contributed by atoms with Crippen LogP contribution in [0.25, 0.3) is 0 Å². The van der Waals surface area contributed by atoms with Crippen LogP contribution in [0.4, 0.5) is 0 Å². The molecular formula is C15H21Cl2NO3. The molecule has 4 nitrogen and oxygen atoms in total. The molecule has 1 aromatic rings. The van der Waals surface area contributed by atoms with Crippen molar-refractivity contribution in [2.75, 3.05) is 13.2 Å². The molecule has 2 unspecified atom stereocenters. The predicted octanol–water partition coefficient (Wildman–Crippen LogP) is 3.29. The summed E-state index contributed by atoms with van der Waals surface area (Å²) in [5.74, 6) is 0.747. The second-order valence-electron chi connectivity index (χ2n) is 5.17. The Morgan fingerprint density at radius 2 is 2.05 bits per heavy atom. The summed E-state index contributed by atoms with van der Waals surface area (Å²) in [4.78, 5) is 11.6. The van der Waals surface area contributed by atoms with Crippen LogP contribution in [0.5, 0.6) is 5.75 Å². The highest BCUT2D eigenvalue weighted by atomic mass is 35.5. The van der Waals surface area contributed by atoms with Crippen molar-refractivity contribution in [3.63, 3.8) is 0 Å². The SMILES string of the molecule is CC(O)CC(C)CNC(=O)CCOc1ccc(Cl)c(Cl)c1. The number of carbonyl (C=O) groups is 1. The average molecular weight is 334 g/mol. The van der Waals surface area contributed by atoms with Crippen molar-refractivity contribution in [3.05, 3.63) is 28.2 Å². The van der Waals surface area contributed by atoms with Gasteiger partial charge in [0.2, 0.25) is 5.91 Å².